The molecule has 0 radical (unpaired) electrons. The first-order chi connectivity index (χ1) is 8.07. The standard InChI is InChI=1S/C10H9N3O2S2/c14-17(15)4-2-7(6-17)13-9-1-3-11-5-8(9)12-10(13)16/h1-5,7H,6H2,(H,12,16). The number of imidazole rings is 1. The number of nitrogens with zero attached hydrogens (tertiary/aromatic N) is 2. The molecule has 1 aliphatic rings. The molecule has 0 saturated carbocycles. The Bertz CT molecular complexity index is 770. The topological polar surface area (TPSA) is 67.8 Å². The lowest BCUT2D eigenvalue weighted by Gasteiger charge is -2.09. The average Bonchev–Trinajstić information content (AvgIpc) is 2.77. The predicted molar refractivity (Wildman–Crippen MR) is 66.9 cm³/mol. The Morgan fingerprint density at radius 1 is 1.53 bits per heavy atom. The van der Waals surface area contributed by atoms with E-state index in [9.17, 15) is 8.42 Å². The van der Waals surface area contributed by atoms with Crippen molar-refractivity contribution in [1.29, 1.82) is 0 Å². The molecule has 1 aliphatic heterocycles. The van der Waals surface area contributed by atoms with Crippen LogP contribution in [0.5, 0.6) is 0 Å². The molecule has 2 aromatic heterocycles. The van der Waals surface area contributed by atoms with Gasteiger partial charge in [-0.05, 0) is 24.4 Å². The number of hydrogen-bond donors (Lipinski definition) is 1. The molecule has 5 nitrogen and oxygen atoms in total. The molecule has 0 saturated heterocycles. The van der Waals surface area contributed by atoms with Crippen molar-refractivity contribution >= 4 is 33.1 Å². The summed E-state index contributed by atoms with van der Waals surface area (Å²) >= 11 is 5.22. The second-order valence-electron chi connectivity index (χ2n) is 3.92. The van der Waals surface area contributed by atoms with Gasteiger partial charge in [0.1, 0.15) is 0 Å². The fourth-order valence-corrected chi connectivity index (χ4v) is 3.64. The summed E-state index contributed by atoms with van der Waals surface area (Å²) in [5.41, 5.74) is 1.69. The lowest BCUT2D eigenvalue weighted by molar-refractivity contribution is 0.594. The summed E-state index contributed by atoms with van der Waals surface area (Å²) in [7, 11) is -3.08. The highest BCUT2D eigenvalue weighted by Gasteiger charge is 2.24. The number of nitrogens with one attached hydrogen (secondary N) is 1. The number of sulfone groups is 1. The summed E-state index contributed by atoms with van der Waals surface area (Å²) < 4.78 is 25.2. The highest BCUT2D eigenvalue weighted by molar-refractivity contribution is 7.94. The van der Waals surface area contributed by atoms with Gasteiger partial charge in [-0.15, -0.1) is 0 Å². The number of allylic oxidation sites excluding steroid dienone is 1. The molecule has 0 bridgehead atoms. The van der Waals surface area contributed by atoms with Crippen molar-refractivity contribution in [2.75, 3.05) is 5.75 Å². The van der Waals surface area contributed by atoms with E-state index in [2.05, 4.69) is 9.97 Å². The number of fused-ring (bicyclic) bond motifs is 1. The third kappa shape index (κ3) is 1.71. The van der Waals surface area contributed by atoms with E-state index in [1.165, 1.54) is 5.41 Å². The van der Waals surface area contributed by atoms with Gasteiger partial charge in [0.15, 0.2) is 14.6 Å². The Morgan fingerprint density at radius 2 is 2.35 bits per heavy atom. The maximum atomic E-state index is 11.4. The van der Waals surface area contributed by atoms with E-state index in [4.69, 9.17) is 12.2 Å². The molecular weight excluding hydrogens is 258 g/mol. The van der Waals surface area contributed by atoms with E-state index < -0.39 is 9.84 Å². The fourth-order valence-electron chi connectivity index (χ4n) is 2.03. The highest BCUT2D eigenvalue weighted by Crippen LogP contribution is 2.25. The second-order valence-corrected chi connectivity index (χ2v) is 6.24. The zero-order valence-electron chi connectivity index (χ0n) is 8.70. The number of hydrogen-bond acceptors (Lipinski definition) is 4. The smallest absolute Gasteiger partial charge is 0.178 e. The number of H-pyrrole nitrogens is 1. The van der Waals surface area contributed by atoms with Gasteiger partial charge in [-0.1, -0.05) is 0 Å². The Labute approximate surface area is 103 Å². The van der Waals surface area contributed by atoms with Gasteiger partial charge in [0, 0.05) is 11.6 Å². The maximum absolute atomic E-state index is 11.4. The number of aromatic nitrogens is 3. The van der Waals surface area contributed by atoms with Crippen molar-refractivity contribution in [3.63, 3.8) is 0 Å². The second kappa shape index (κ2) is 3.51. The molecule has 0 fully saturated rings. The van der Waals surface area contributed by atoms with Crippen LogP contribution in [0.1, 0.15) is 6.04 Å². The first kappa shape index (κ1) is 10.7. The van der Waals surface area contributed by atoms with E-state index in [0.29, 0.717) is 4.77 Å². The summed E-state index contributed by atoms with van der Waals surface area (Å²) in [5.74, 6) is 0.0661. The highest BCUT2D eigenvalue weighted by atomic mass is 32.2. The van der Waals surface area contributed by atoms with Gasteiger partial charge >= 0.3 is 0 Å². The molecule has 3 heterocycles. The van der Waals surface area contributed by atoms with Gasteiger partial charge in [-0.2, -0.15) is 0 Å². The van der Waals surface area contributed by atoms with E-state index in [0.717, 1.165) is 11.0 Å². The fraction of sp³-hybridized carbons (Fsp3) is 0.200. The van der Waals surface area contributed by atoms with Crippen molar-refractivity contribution in [3.8, 4) is 0 Å². The van der Waals surface area contributed by atoms with Crippen LogP contribution in [0.15, 0.2) is 29.9 Å². The average molecular weight is 267 g/mol. The molecule has 3 rings (SSSR count). The van der Waals surface area contributed by atoms with Crippen LogP contribution in [0.25, 0.3) is 11.0 Å². The van der Waals surface area contributed by atoms with Crippen LogP contribution in [-0.4, -0.2) is 28.7 Å². The molecule has 1 N–H and O–H groups in total. The lowest BCUT2D eigenvalue weighted by Crippen LogP contribution is -2.11. The van der Waals surface area contributed by atoms with Crippen LogP contribution >= 0.6 is 12.2 Å². The van der Waals surface area contributed by atoms with Gasteiger partial charge in [0.05, 0.1) is 29.0 Å². The maximum Gasteiger partial charge on any atom is 0.178 e. The quantitative estimate of drug-likeness (QED) is 0.796. The number of pyridine rings is 1. The van der Waals surface area contributed by atoms with Gasteiger partial charge < -0.3 is 9.55 Å². The Kier molecular flexibility index (Phi) is 2.20. The third-order valence-corrected chi connectivity index (χ3v) is 4.44. The predicted octanol–water partition coefficient (Wildman–Crippen LogP) is 1.58. The van der Waals surface area contributed by atoms with Crippen molar-refractivity contribution in [2.24, 2.45) is 0 Å². The first-order valence-electron chi connectivity index (χ1n) is 5.02. The molecule has 88 valence electrons. The Balaban J connectivity index is 2.22. The van der Waals surface area contributed by atoms with E-state index in [-0.39, 0.29) is 11.8 Å². The molecular formula is C10H9N3O2S2. The van der Waals surface area contributed by atoms with Crippen LogP contribution in [0.4, 0.5) is 0 Å². The van der Waals surface area contributed by atoms with Crippen LogP contribution < -0.4 is 0 Å². The third-order valence-electron chi connectivity index (χ3n) is 2.76. The Morgan fingerprint density at radius 3 is 3.06 bits per heavy atom. The van der Waals surface area contributed by atoms with Crippen molar-refractivity contribution in [3.05, 3.63) is 34.7 Å². The van der Waals surface area contributed by atoms with E-state index >= 15 is 0 Å². The number of rotatable bonds is 1. The Hall–Kier alpha value is -1.47. The molecule has 0 aliphatic carbocycles. The van der Waals surface area contributed by atoms with Gasteiger partial charge in [0.25, 0.3) is 0 Å². The summed E-state index contributed by atoms with van der Waals surface area (Å²) in [5, 5.41) is 1.25. The molecule has 7 heteroatoms. The van der Waals surface area contributed by atoms with Crippen LogP contribution in [-0.2, 0) is 9.84 Å². The van der Waals surface area contributed by atoms with E-state index in [1.54, 1.807) is 18.5 Å². The van der Waals surface area contributed by atoms with Crippen molar-refractivity contribution in [1.82, 2.24) is 14.5 Å². The molecule has 2 aromatic rings. The molecule has 17 heavy (non-hydrogen) atoms. The van der Waals surface area contributed by atoms with Crippen LogP contribution in [0.3, 0.4) is 0 Å². The minimum absolute atomic E-state index is 0.0661. The summed E-state index contributed by atoms with van der Waals surface area (Å²) in [6.45, 7) is 0. The van der Waals surface area contributed by atoms with Gasteiger partial charge in [0.2, 0.25) is 0 Å². The molecule has 0 aromatic carbocycles. The minimum atomic E-state index is -3.08. The van der Waals surface area contributed by atoms with Crippen LogP contribution in [0.2, 0.25) is 0 Å². The summed E-state index contributed by atoms with van der Waals surface area (Å²) in [4.78, 5) is 7.01. The minimum Gasteiger partial charge on any atom is -0.329 e. The molecule has 0 amide bonds. The zero-order chi connectivity index (χ0) is 12.0. The number of aromatic amines is 1. The van der Waals surface area contributed by atoms with Crippen LogP contribution in [0, 0.1) is 4.77 Å². The van der Waals surface area contributed by atoms with E-state index in [1.807, 2.05) is 10.6 Å². The summed E-state index contributed by atoms with van der Waals surface area (Å²) in [6, 6.07) is 1.59. The molecule has 1 atom stereocenters. The monoisotopic (exact) mass is 267 g/mol. The van der Waals surface area contributed by atoms with Crippen molar-refractivity contribution < 1.29 is 8.42 Å². The normalized spacial score (nSPS) is 22.2. The SMILES string of the molecule is O=S1(=O)C=CC(n2c(=S)[nH]c3cnccc32)C1. The largest absolute Gasteiger partial charge is 0.329 e. The van der Waals surface area contributed by atoms with Crippen molar-refractivity contribution in [2.45, 2.75) is 6.04 Å². The zero-order valence-corrected chi connectivity index (χ0v) is 10.3. The molecule has 0 spiro atoms. The molecule has 1 unspecified atom stereocenters. The summed E-state index contributed by atoms with van der Waals surface area (Å²) in [6.07, 6.45) is 5.00. The van der Waals surface area contributed by atoms with Gasteiger partial charge in [-0.25, -0.2) is 8.42 Å². The lowest BCUT2D eigenvalue weighted by atomic mass is 10.3. The first-order valence-corrected chi connectivity index (χ1v) is 7.14. The van der Waals surface area contributed by atoms with Gasteiger partial charge in [-0.3, -0.25) is 4.98 Å².